The third-order valence-corrected chi connectivity index (χ3v) is 5.09. The number of carbonyl (C=O) groups excluding carboxylic acids is 1. The maximum absolute atomic E-state index is 12.7. The summed E-state index contributed by atoms with van der Waals surface area (Å²) in [4.78, 5) is 15.7. The fourth-order valence-electron chi connectivity index (χ4n) is 2.67. The highest BCUT2D eigenvalue weighted by Gasteiger charge is 2.32. The van der Waals surface area contributed by atoms with Crippen LogP contribution in [0.4, 0.5) is 28.7 Å². The molecule has 0 saturated heterocycles. The Labute approximate surface area is 175 Å². The van der Waals surface area contributed by atoms with Crippen LogP contribution in [0.25, 0.3) is 0 Å². The molecule has 0 radical (unpaired) electrons. The van der Waals surface area contributed by atoms with Gasteiger partial charge in [-0.1, -0.05) is 39.0 Å². The van der Waals surface area contributed by atoms with Gasteiger partial charge in [-0.05, 0) is 35.7 Å². The van der Waals surface area contributed by atoms with Gasteiger partial charge < -0.3 is 10.1 Å². The number of rotatable bonds is 4. The van der Waals surface area contributed by atoms with E-state index in [1.807, 2.05) is 24.3 Å². The number of nitrogens with one attached hydrogen (secondary N) is 2. The number of pyridine rings is 1. The van der Waals surface area contributed by atoms with Crippen LogP contribution in [0.1, 0.15) is 31.2 Å². The first-order valence-corrected chi connectivity index (χ1v) is 9.83. The fourth-order valence-corrected chi connectivity index (χ4v) is 3.44. The molecule has 0 atom stereocenters. The number of urea groups is 1. The van der Waals surface area contributed by atoms with Crippen molar-refractivity contribution in [3.63, 3.8) is 0 Å². The maximum Gasteiger partial charge on any atom is 0.425 e. The number of hydrogen-bond donors (Lipinski definition) is 2. The summed E-state index contributed by atoms with van der Waals surface area (Å²) in [6.45, 7) is 6.16. The lowest BCUT2D eigenvalue weighted by molar-refractivity contribution is -0.134. The van der Waals surface area contributed by atoms with E-state index in [9.17, 15) is 18.0 Å². The highest BCUT2D eigenvalue weighted by atomic mass is 32.1. The Morgan fingerprint density at radius 1 is 1.00 bits per heavy atom. The number of benzene rings is 1. The summed E-state index contributed by atoms with van der Waals surface area (Å²) >= 11 is 0.446. The zero-order chi connectivity index (χ0) is 21.9. The lowest BCUT2D eigenvalue weighted by Crippen LogP contribution is -2.19. The van der Waals surface area contributed by atoms with E-state index >= 15 is 0 Å². The molecule has 5 nitrogen and oxygen atoms in total. The van der Waals surface area contributed by atoms with E-state index in [4.69, 9.17) is 4.74 Å². The van der Waals surface area contributed by atoms with Crippen LogP contribution in [0.15, 0.2) is 54.7 Å². The Bertz CT molecular complexity index is 1040. The highest BCUT2D eigenvalue weighted by Crippen LogP contribution is 2.37. The summed E-state index contributed by atoms with van der Waals surface area (Å²) in [5, 5.41) is 5.04. The molecule has 3 rings (SSSR count). The van der Waals surface area contributed by atoms with Gasteiger partial charge in [0.05, 0.1) is 5.00 Å². The molecular weight excluding hydrogens is 415 g/mol. The van der Waals surface area contributed by atoms with Crippen molar-refractivity contribution in [3.8, 4) is 11.6 Å². The molecule has 0 aliphatic carbocycles. The number of aromatic nitrogens is 1. The largest absolute Gasteiger partial charge is 0.437 e. The van der Waals surface area contributed by atoms with Crippen LogP contribution in [-0.4, -0.2) is 11.0 Å². The number of alkyl halides is 3. The standard InChI is InChI=1S/C21H20F3N3O2S/c1-20(2,3)13-7-4-5-9-15(13)29-18-14(8-6-12-25-18)26-19(28)27-17-11-10-16(30-17)21(22,23)24/h4-12H,1-3H3,(H2,26,27,28). The van der Waals surface area contributed by atoms with E-state index in [0.717, 1.165) is 11.6 Å². The molecule has 1 aromatic carbocycles. The molecule has 3 aromatic rings. The smallest absolute Gasteiger partial charge is 0.425 e. The molecule has 0 aliphatic heterocycles. The van der Waals surface area contributed by atoms with Gasteiger partial charge in [0.15, 0.2) is 0 Å². The molecule has 0 fully saturated rings. The number of anilines is 2. The van der Waals surface area contributed by atoms with E-state index < -0.39 is 17.1 Å². The number of nitrogens with zero attached hydrogens (tertiary/aromatic N) is 1. The van der Waals surface area contributed by atoms with E-state index in [0.29, 0.717) is 17.1 Å². The SMILES string of the molecule is CC(C)(C)c1ccccc1Oc1ncccc1NC(=O)Nc1ccc(C(F)(F)F)s1. The minimum Gasteiger partial charge on any atom is -0.437 e. The van der Waals surface area contributed by atoms with Gasteiger partial charge in [-0.25, -0.2) is 9.78 Å². The van der Waals surface area contributed by atoms with Gasteiger partial charge in [-0.3, -0.25) is 5.32 Å². The molecule has 0 bridgehead atoms. The van der Waals surface area contributed by atoms with Crippen molar-refractivity contribution < 1.29 is 22.7 Å². The van der Waals surface area contributed by atoms with Gasteiger partial charge in [0.2, 0.25) is 5.88 Å². The number of para-hydroxylation sites is 1. The second kappa shape index (κ2) is 8.35. The van der Waals surface area contributed by atoms with Gasteiger partial charge in [0.1, 0.15) is 16.3 Å². The molecule has 2 N–H and O–H groups in total. The van der Waals surface area contributed by atoms with E-state index in [2.05, 4.69) is 36.4 Å². The molecule has 0 unspecified atom stereocenters. The van der Waals surface area contributed by atoms with Crippen LogP contribution in [-0.2, 0) is 11.6 Å². The zero-order valence-corrected chi connectivity index (χ0v) is 17.3. The number of ether oxygens (including phenoxy) is 1. The second-order valence-corrected chi connectivity index (χ2v) is 8.53. The van der Waals surface area contributed by atoms with Crippen molar-refractivity contribution in [2.24, 2.45) is 0 Å². The van der Waals surface area contributed by atoms with Gasteiger partial charge in [-0.15, -0.1) is 11.3 Å². The van der Waals surface area contributed by atoms with Crippen molar-refractivity contribution in [2.75, 3.05) is 10.6 Å². The molecule has 2 heterocycles. The number of amides is 2. The van der Waals surface area contributed by atoms with Gasteiger partial charge in [-0.2, -0.15) is 13.2 Å². The van der Waals surface area contributed by atoms with Crippen LogP contribution < -0.4 is 15.4 Å². The Balaban J connectivity index is 1.76. The van der Waals surface area contributed by atoms with Crippen molar-refractivity contribution in [2.45, 2.75) is 32.4 Å². The molecule has 9 heteroatoms. The third kappa shape index (κ3) is 5.29. The van der Waals surface area contributed by atoms with Crippen molar-refractivity contribution >= 4 is 28.1 Å². The Kier molecular flexibility index (Phi) is 6.02. The lowest BCUT2D eigenvalue weighted by Gasteiger charge is -2.22. The summed E-state index contributed by atoms with van der Waals surface area (Å²) < 4.78 is 44.1. The normalized spacial score (nSPS) is 11.8. The first kappa shape index (κ1) is 21.6. The first-order chi connectivity index (χ1) is 14.0. The van der Waals surface area contributed by atoms with Crippen LogP contribution in [0.5, 0.6) is 11.6 Å². The minimum atomic E-state index is -4.45. The van der Waals surface area contributed by atoms with Gasteiger partial charge in [0.25, 0.3) is 0 Å². The molecule has 0 saturated carbocycles. The fraction of sp³-hybridized carbons (Fsp3) is 0.238. The second-order valence-electron chi connectivity index (χ2n) is 7.45. The van der Waals surface area contributed by atoms with Crippen LogP contribution in [0, 0.1) is 0 Å². The van der Waals surface area contributed by atoms with Crippen molar-refractivity contribution in [3.05, 3.63) is 65.2 Å². The Morgan fingerprint density at radius 2 is 1.73 bits per heavy atom. The lowest BCUT2D eigenvalue weighted by atomic mass is 9.86. The molecular formula is C21H20F3N3O2S. The van der Waals surface area contributed by atoms with Crippen molar-refractivity contribution in [1.82, 2.24) is 4.98 Å². The van der Waals surface area contributed by atoms with Crippen LogP contribution in [0.2, 0.25) is 0 Å². The summed E-state index contributed by atoms with van der Waals surface area (Å²) in [6.07, 6.45) is -2.93. The average Bonchev–Trinajstić information content (AvgIpc) is 3.12. The Morgan fingerprint density at radius 3 is 2.40 bits per heavy atom. The van der Waals surface area contributed by atoms with Crippen LogP contribution >= 0.6 is 11.3 Å². The predicted molar refractivity (Wildman–Crippen MR) is 111 cm³/mol. The first-order valence-electron chi connectivity index (χ1n) is 9.01. The van der Waals surface area contributed by atoms with Gasteiger partial charge in [0, 0.05) is 11.8 Å². The van der Waals surface area contributed by atoms with E-state index in [1.165, 1.54) is 12.3 Å². The summed E-state index contributed by atoms with van der Waals surface area (Å²) in [5.41, 5.74) is 1.07. The molecule has 2 aromatic heterocycles. The topological polar surface area (TPSA) is 63.2 Å². The van der Waals surface area contributed by atoms with Gasteiger partial charge >= 0.3 is 12.2 Å². The zero-order valence-electron chi connectivity index (χ0n) is 16.5. The summed E-state index contributed by atoms with van der Waals surface area (Å²) in [6, 6.07) is 12.1. The van der Waals surface area contributed by atoms with E-state index in [1.54, 1.807) is 12.1 Å². The third-order valence-electron chi connectivity index (χ3n) is 4.04. The van der Waals surface area contributed by atoms with E-state index in [-0.39, 0.29) is 22.0 Å². The molecule has 0 aliphatic rings. The predicted octanol–water partition coefficient (Wildman–Crippen LogP) is 6.90. The molecule has 0 spiro atoms. The summed E-state index contributed by atoms with van der Waals surface area (Å²) in [5.74, 6) is 0.770. The molecule has 2 amide bonds. The average molecular weight is 435 g/mol. The number of halogens is 3. The molecule has 30 heavy (non-hydrogen) atoms. The molecule has 158 valence electrons. The van der Waals surface area contributed by atoms with Crippen molar-refractivity contribution in [1.29, 1.82) is 0 Å². The van der Waals surface area contributed by atoms with Crippen LogP contribution in [0.3, 0.4) is 0 Å². The summed E-state index contributed by atoms with van der Waals surface area (Å²) in [7, 11) is 0. The number of hydrogen-bond acceptors (Lipinski definition) is 4. The Hall–Kier alpha value is -3.07. The monoisotopic (exact) mass is 435 g/mol. The highest BCUT2D eigenvalue weighted by molar-refractivity contribution is 7.16. The number of thiophene rings is 1. The number of carbonyl (C=O) groups is 1. The minimum absolute atomic E-state index is 0.0734. The quantitative estimate of drug-likeness (QED) is 0.469. The maximum atomic E-state index is 12.7.